The number of likely N-dealkylation sites (N-methyl/N-ethyl adjacent to an activating group) is 1. The Morgan fingerprint density at radius 2 is 1.72 bits per heavy atom. The van der Waals surface area contributed by atoms with Gasteiger partial charge in [-0.15, -0.1) is 0 Å². The van der Waals surface area contributed by atoms with Crippen LogP contribution >= 0.6 is 0 Å². The van der Waals surface area contributed by atoms with Gasteiger partial charge in [-0.3, -0.25) is 4.98 Å². The summed E-state index contributed by atoms with van der Waals surface area (Å²) in [5.74, 6) is 1.70. The number of para-hydroxylation sites is 1. The number of hydrogen-bond donors (Lipinski definition) is 1. The van der Waals surface area contributed by atoms with E-state index in [9.17, 15) is 0 Å². The molecule has 0 aliphatic heterocycles. The monoisotopic (exact) mass is 333 g/mol. The normalized spacial score (nSPS) is 10.5. The molecule has 1 N–H and O–H groups in total. The van der Waals surface area contributed by atoms with Crippen molar-refractivity contribution in [3.05, 3.63) is 71.8 Å². The molecule has 0 fully saturated rings. The third-order valence-electron chi connectivity index (χ3n) is 4.26. The van der Waals surface area contributed by atoms with Crippen molar-refractivity contribution in [2.45, 2.75) is 20.3 Å². The summed E-state index contributed by atoms with van der Waals surface area (Å²) in [5.41, 5.74) is 4.77. The molecule has 0 saturated heterocycles. The highest BCUT2D eigenvalue weighted by atomic mass is 15.2. The van der Waals surface area contributed by atoms with E-state index in [1.807, 2.05) is 37.6 Å². The molecule has 3 aromatic rings. The Kier molecular flexibility index (Phi) is 5.23. The molecule has 5 heteroatoms. The molecular formula is C20H23N5. The van der Waals surface area contributed by atoms with Crippen LogP contribution in [0.2, 0.25) is 0 Å². The first-order valence-electron chi connectivity index (χ1n) is 8.39. The zero-order chi connectivity index (χ0) is 17.6. The van der Waals surface area contributed by atoms with Gasteiger partial charge in [-0.2, -0.15) is 0 Å². The standard InChI is InChI=1S/C20H23N5/c1-15-5-4-6-16(2)20(15)24-18-13-19(23-14-22-18)25(3)12-9-17-7-10-21-11-8-17/h4-8,10-11,13-14H,9,12H2,1-3H3,(H,22,23,24). The fourth-order valence-electron chi connectivity index (χ4n) is 2.72. The lowest BCUT2D eigenvalue weighted by Gasteiger charge is -2.19. The molecule has 128 valence electrons. The van der Waals surface area contributed by atoms with E-state index in [0.717, 1.165) is 30.3 Å². The second-order valence-electron chi connectivity index (χ2n) is 6.18. The number of anilines is 3. The fraction of sp³-hybridized carbons (Fsp3) is 0.250. The van der Waals surface area contributed by atoms with Crippen LogP contribution in [-0.2, 0) is 6.42 Å². The number of aryl methyl sites for hydroxylation is 2. The van der Waals surface area contributed by atoms with Crippen molar-refractivity contribution in [3.8, 4) is 0 Å². The molecule has 0 aliphatic carbocycles. The van der Waals surface area contributed by atoms with Gasteiger partial charge in [-0.1, -0.05) is 18.2 Å². The van der Waals surface area contributed by atoms with E-state index in [2.05, 4.69) is 57.2 Å². The van der Waals surface area contributed by atoms with E-state index >= 15 is 0 Å². The average Bonchev–Trinajstić information content (AvgIpc) is 2.64. The van der Waals surface area contributed by atoms with Gasteiger partial charge in [0.2, 0.25) is 0 Å². The number of nitrogens with one attached hydrogen (secondary N) is 1. The van der Waals surface area contributed by atoms with Crippen molar-refractivity contribution in [3.63, 3.8) is 0 Å². The van der Waals surface area contributed by atoms with Gasteiger partial charge in [0, 0.05) is 37.7 Å². The minimum Gasteiger partial charge on any atom is -0.359 e. The van der Waals surface area contributed by atoms with Gasteiger partial charge < -0.3 is 10.2 Å². The topological polar surface area (TPSA) is 53.9 Å². The number of hydrogen-bond acceptors (Lipinski definition) is 5. The minimum absolute atomic E-state index is 0.804. The molecule has 0 atom stereocenters. The third-order valence-corrected chi connectivity index (χ3v) is 4.26. The van der Waals surface area contributed by atoms with Crippen LogP contribution in [-0.4, -0.2) is 28.5 Å². The summed E-state index contributed by atoms with van der Waals surface area (Å²) in [5, 5.41) is 3.42. The lowest BCUT2D eigenvalue weighted by molar-refractivity contribution is 0.854. The van der Waals surface area contributed by atoms with E-state index in [1.54, 1.807) is 6.33 Å². The number of rotatable bonds is 6. The SMILES string of the molecule is Cc1cccc(C)c1Nc1cc(N(C)CCc2ccncc2)ncn1. The summed E-state index contributed by atoms with van der Waals surface area (Å²) in [7, 11) is 2.05. The molecule has 3 rings (SSSR count). The Hall–Kier alpha value is -2.95. The predicted octanol–water partition coefficient (Wildman–Crippen LogP) is 3.91. The van der Waals surface area contributed by atoms with Crippen LogP contribution in [0.5, 0.6) is 0 Å². The molecule has 1 aromatic carbocycles. The molecular weight excluding hydrogens is 310 g/mol. The maximum absolute atomic E-state index is 4.40. The Bertz CT molecular complexity index is 812. The van der Waals surface area contributed by atoms with Gasteiger partial charge in [0.25, 0.3) is 0 Å². The highest BCUT2D eigenvalue weighted by Gasteiger charge is 2.07. The summed E-state index contributed by atoms with van der Waals surface area (Å²) in [4.78, 5) is 15.0. The van der Waals surface area contributed by atoms with E-state index in [4.69, 9.17) is 0 Å². The van der Waals surface area contributed by atoms with Gasteiger partial charge in [0.15, 0.2) is 0 Å². The van der Waals surface area contributed by atoms with Crippen molar-refractivity contribution in [2.24, 2.45) is 0 Å². The van der Waals surface area contributed by atoms with Crippen LogP contribution in [0.3, 0.4) is 0 Å². The Labute approximate surface area is 148 Å². The molecule has 5 nitrogen and oxygen atoms in total. The zero-order valence-electron chi connectivity index (χ0n) is 14.9. The highest BCUT2D eigenvalue weighted by Crippen LogP contribution is 2.24. The second-order valence-corrected chi connectivity index (χ2v) is 6.18. The van der Waals surface area contributed by atoms with Crippen molar-refractivity contribution in [1.29, 1.82) is 0 Å². The minimum atomic E-state index is 0.804. The lowest BCUT2D eigenvalue weighted by atomic mass is 10.1. The largest absolute Gasteiger partial charge is 0.359 e. The van der Waals surface area contributed by atoms with E-state index in [1.165, 1.54) is 16.7 Å². The maximum Gasteiger partial charge on any atom is 0.135 e. The molecule has 2 heterocycles. The van der Waals surface area contributed by atoms with E-state index in [-0.39, 0.29) is 0 Å². The maximum atomic E-state index is 4.40. The molecule has 25 heavy (non-hydrogen) atoms. The molecule has 0 aliphatic rings. The van der Waals surface area contributed by atoms with Crippen LogP contribution in [0.1, 0.15) is 16.7 Å². The predicted molar refractivity (Wildman–Crippen MR) is 102 cm³/mol. The second kappa shape index (κ2) is 7.75. The Morgan fingerprint density at radius 3 is 2.44 bits per heavy atom. The van der Waals surface area contributed by atoms with Crippen LogP contribution in [0.25, 0.3) is 0 Å². The van der Waals surface area contributed by atoms with Crippen molar-refractivity contribution in [2.75, 3.05) is 23.8 Å². The number of nitrogens with zero attached hydrogens (tertiary/aromatic N) is 4. The molecule has 0 saturated carbocycles. The summed E-state index contributed by atoms with van der Waals surface area (Å²) < 4.78 is 0. The van der Waals surface area contributed by atoms with Crippen molar-refractivity contribution >= 4 is 17.3 Å². The van der Waals surface area contributed by atoms with E-state index in [0.29, 0.717) is 0 Å². The third kappa shape index (κ3) is 4.32. The summed E-state index contributed by atoms with van der Waals surface area (Å²) in [6, 6.07) is 12.3. The average molecular weight is 333 g/mol. The van der Waals surface area contributed by atoms with Crippen molar-refractivity contribution in [1.82, 2.24) is 15.0 Å². The summed E-state index contributed by atoms with van der Waals surface area (Å²) >= 11 is 0. The van der Waals surface area contributed by atoms with Gasteiger partial charge in [-0.25, -0.2) is 9.97 Å². The Balaban J connectivity index is 1.70. The van der Waals surface area contributed by atoms with Crippen LogP contribution in [0.15, 0.2) is 55.1 Å². The summed E-state index contributed by atoms with van der Waals surface area (Å²) in [6.45, 7) is 5.07. The Morgan fingerprint density at radius 1 is 1.00 bits per heavy atom. The highest BCUT2D eigenvalue weighted by molar-refractivity contribution is 5.65. The first-order chi connectivity index (χ1) is 12.1. The van der Waals surface area contributed by atoms with Crippen LogP contribution in [0, 0.1) is 13.8 Å². The molecule has 0 radical (unpaired) electrons. The smallest absolute Gasteiger partial charge is 0.135 e. The van der Waals surface area contributed by atoms with Gasteiger partial charge in [0.05, 0.1) is 0 Å². The van der Waals surface area contributed by atoms with Crippen LogP contribution < -0.4 is 10.2 Å². The zero-order valence-corrected chi connectivity index (χ0v) is 14.9. The van der Waals surface area contributed by atoms with Gasteiger partial charge >= 0.3 is 0 Å². The van der Waals surface area contributed by atoms with Crippen molar-refractivity contribution < 1.29 is 0 Å². The molecule has 2 aromatic heterocycles. The number of benzene rings is 1. The number of aromatic nitrogens is 3. The fourth-order valence-corrected chi connectivity index (χ4v) is 2.72. The summed E-state index contributed by atoms with van der Waals surface area (Å²) in [6.07, 6.45) is 6.20. The van der Waals surface area contributed by atoms with Gasteiger partial charge in [0.1, 0.15) is 18.0 Å². The quantitative estimate of drug-likeness (QED) is 0.741. The molecule has 0 bridgehead atoms. The lowest BCUT2D eigenvalue weighted by Crippen LogP contribution is -2.21. The number of pyridine rings is 1. The van der Waals surface area contributed by atoms with Gasteiger partial charge in [-0.05, 0) is 49.1 Å². The molecule has 0 unspecified atom stereocenters. The van der Waals surface area contributed by atoms with Crippen LogP contribution in [0.4, 0.5) is 17.3 Å². The first kappa shape index (κ1) is 16.9. The molecule has 0 spiro atoms. The molecule has 0 amide bonds. The van der Waals surface area contributed by atoms with E-state index < -0.39 is 0 Å². The first-order valence-corrected chi connectivity index (χ1v) is 8.39.